The first-order chi connectivity index (χ1) is 12.4. The molecular formula is C20H27N3O3. The lowest BCUT2D eigenvalue weighted by Crippen LogP contribution is -2.47. The Morgan fingerprint density at radius 1 is 1.12 bits per heavy atom. The van der Waals surface area contributed by atoms with Crippen LogP contribution in [0.4, 0.5) is 4.79 Å². The highest BCUT2D eigenvalue weighted by Gasteiger charge is 2.53. The lowest BCUT2D eigenvalue weighted by Gasteiger charge is -2.30. The fourth-order valence-electron chi connectivity index (χ4n) is 3.94. The summed E-state index contributed by atoms with van der Waals surface area (Å²) in [6.45, 7) is 5.27. The number of hydrogen-bond donors (Lipinski definition) is 1. The molecule has 1 N–H and O–H groups in total. The van der Waals surface area contributed by atoms with Crippen molar-refractivity contribution in [2.24, 2.45) is 5.92 Å². The molecule has 1 atom stereocenters. The number of nitrogens with one attached hydrogen (secondary N) is 1. The molecule has 0 saturated carbocycles. The first-order valence-electron chi connectivity index (χ1n) is 9.41. The number of carbonyl (C=O) groups excluding carboxylic acids is 3. The first kappa shape index (κ1) is 18.4. The molecule has 1 aromatic rings. The number of piperidine rings is 1. The summed E-state index contributed by atoms with van der Waals surface area (Å²) in [6.07, 6.45) is 3.58. The molecule has 3 rings (SSSR count). The molecule has 6 heteroatoms. The Kier molecular flexibility index (Phi) is 5.30. The summed E-state index contributed by atoms with van der Waals surface area (Å²) in [5.41, 5.74) is -0.325. The van der Waals surface area contributed by atoms with Gasteiger partial charge in [-0.2, -0.15) is 0 Å². The van der Waals surface area contributed by atoms with Crippen LogP contribution in [0.1, 0.15) is 45.1 Å². The zero-order valence-electron chi connectivity index (χ0n) is 15.5. The SMILES string of the molecule is CC(C)CC1(c2ccccc2)NC(=O)N(CC(=O)N2CCCCC2)C1=O. The van der Waals surface area contributed by atoms with Crippen molar-refractivity contribution in [1.82, 2.24) is 15.1 Å². The largest absolute Gasteiger partial charge is 0.341 e. The normalized spacial score (nSPS) is 23.5. The lowest BCUT2D eigenvalue weighted by molar-refractivity contribution is -0.140. The van der Waals surface area contributed by atoms with Crippen molar-refractivity contribution in [2.75, 3.05) is 19.6 Å². The zero-order chi connectivity index (χ0) is 18.7. The minimum Gasteiger partial charge on any atom is -0.341 e. The van der Waals surface area contributed by atoms with Crippen LogP contribution in [0.5, 0.6) is 0 Å². The molecule has 0 aliphatic carbocycles. The second kappa shape index (κ2) is 7.48. The zero-order valence-corrected chi connectivity index (χ0v) is 15.5. The Hall–Kier alpha value is -2.37. The Balaban J connectivity index is 1.84. The van der Waals surface area contributed by atoms with Gasteiger partial charge < -0.3 is 10.2 Å². The topological polar surface area (TPSA) is 69.7 Å². The Morgan fingerprint density at radius 3 is 2.38 bits per heavy atom. The number of hydrogen-bond acceptors (Lipinski definition) is 3. The van der Waals surface area contributed by atoms with Gasteiger partial charge in [-0.3, -0.25) is 14.5 Å². The van der Waals surface area contributed by atoms with Crippen LogP contribution in [0.2, 0.25) is 0 Å². The van der Waals surface area contributed by atoms with Crippen molar-refractivity contribution in [3.63, 3.8) is 0 Å². The van der Waals surface area contributed by atoms with Crippen molar-refractivity contribution < 1.29 is 14.4 Å². The predicted molar refractivity (Wildman–Crippen MR) is 98.3 cm³/mol. The van der Waals surface area contributed by atoms with E-state index < -0.39 is 11.6 Å². The summed E-state index contributed by atoms with van der Waals surface area (Å²) in [5, 5.41) is 2.89. The van der Waals surface area contributed by atoms with E-state index >= 15 is 0 Å². The lowest BCUT2D eigenvalue weighted by atomic mass is 9.82. The van der Waals surface area contributed by atoms with Gasteiger partial charge in [0.25, 0.3) is 5.91 Å². The van der Waals surface area contributed by atoms with E-state index in [1.54, 1.807) is 4.90 Å². The van der Waals surface area contributed by atoms with Crippen LogP contribution in [0.15, 0.2) is 30.3 Å². The fourth-order valence-corrected chi connectivity index (χ4v) is 3.94. The molecule has 2 aliphatic heterocycles. The number of urea groups is 1. The van der Waals surface area contributed by atoms with Gasteiger partial charge >= 0.3 is 6.03 Å². The first-order valence-corrected chi connectivity index (χ1v) is 9.41. The fraction of sp³-hybridized carbons (Fsp3) is 0.550. The van der Waals surface area contributed by atoms with Gasteiger partial charge in [-0.1, -0.05) is 44.2 Å². The number of amides is 4. The van der Waals surface area contributed by atoms with Crippen molar-refractivity contribution in [3.05, 3.63) is 35.9 Å². The van der Waals surface area contributed by atoms with Gasteiger partial charge in [0.1, 0.15) is 12.1 Å². The second-order valence-corrected chi connectivity index (χ2v) is 7.63. The third-order valence-corrected chi connectivity index (χ3v) is 5.16. The number of benzene rings is 1. The number of likely N-dealkylation sites (tertiary alicyclic amines) is 1. The molecule has 2 heterocycles. The van der Waals surface area contributed by atoms with Gasteiger partial charge in [-0.25, -0.2) is 4.79 Å². The summed E-state index contributed by atoms with van der Waals surface area (Å²) < 4.78 is 0. The molecule has 0 bridgehead atoms. The molecule has 1 unspecified atom stereocenters. The van der Waals surface area contributed by atoms with Gasteiger partial charge in [0.2, 0.25) is 5.91 Å². The highest BCUT2D eigenvalue weighted by Crippen LogP contribution is 2.35. The molecule has 0 radical (unpaired) electrons. The van der Waals surface area contributed by atoms with E-state index in [1.807, 2.05) is 44.2 Å². The maximum atomic E-state index is 13.3. The van der Waals surface area contributed by atoms with Crippen molar-refractivity contribution >= 4 is 17.8 Å². The second-order valence-electron chi connectivity index (χ2n) is 7.63. The third kappa shape index (κ3) is 3.45. The van der Waals surface area contributed by atoms with Gasteiger partial charge in [0, 0.05) is 13.1 Å². The van der Waals surface area contributed by atoms with Crippen LogP contribution in [-0.2, 0) is 15.1 Å². The van der Waals surface area contributed by atoms with Crippen LogP contribution < -0.4 is 5.32 Å². The van der Waals surface area contributed by atoms with Crippen LogP contribution in [-0.4, -0.2) is 47.3 Å². The maximum Gasteiger partial charge on any atom is 0.325 e. The molecule has 2 saturated heterocycles. The molecule has 6 nitrogen and oxygen atoms in total. The molecule has 140 valence electrons. The van der Waals surface area contributed by atoms with E-state index in [9.17, 15) is 14.4 Å². The number of imide groups is 1. The van der Waals surface area contributed by atoms with Gasteiger partial charge in [-0.15, -0.1) is 0 Å². The monoisotopic (exact) mass is 357 g/mol. The molecular weight excluding hydrogens is 330 g/mol. The molecule has 4 amide bonds. The number of nitrogens with zero attached hydrogens (tertiary/aromatic N) is 2. The minimum atomic E-state index is -1.09. The average Bonchev–Trinajstić information content (AvgIpc) is 2.87. The highest BCUT2D eigenvalue weighted by molar-refractivity contribution is 6.09. The van der Waals surface area contributed by atoms with E-state index in [1.165, 1.54) is 0 Å². The minimum absolute atomic E-state index is 0.151. The Labute approximate surface area is 154 Å². The van der Waals surface area contributed by atoms with E-state index in [4.69, 9.17) is 0 Å². The average molecular weight is 357 g/mol. The van der Waals surface area contributed by atoms with E-state index in [0.29, 0.717) is 19.5 Å². The van der Waals surface area contributed by atoms with E-state index in [0.717, 1.165) is 29.7 Å². The molecule has 0 aromatic heterocycles. The summed E-state index contributed by atoms with van der Waals surface area (Å²) in [5.74, 6) is -0.272. The predicted octanol–water partition coefficient (Wildman–Crippen LogP) is 2.49. The summed E-state index contributed by atoms with van der Waals surface area (Å²) in [7, 11) is 0. The number of rotatable bonds is 5. The van der Waals surface area contributed by atoms with E-state index in [2.05, 4.69) is 5.32 Å². The maximum absolute atomic E-state index is 13.3. The molecule has 1 aromatic carbocycles. The van der Waals surface area contributed by atoms with Crippen molar-refractivity contribution in [2.45, 2.75) is 45.1 Å². The van der Waals surface area contributed by atoms with Crippen LogP contribution in [0, 0.1) is 5.92 Å². The van der Waals surface area contributed by atoms with Crippen LogP contribution in [0.25, 0.3) is 0 Å². The molecule has 26 heavy (non-hydrogen) atoms. The van der Waals surface area contributed by atoms with Gasteiger partial charge in [0.05, 0.1) is 0 Å². The van der Waals surface area contributed by atoms with Crippen molar-refractivity contribution in [3.8, 4) is 0 Å². The molecule has 2 aliphatic rings. The van der Waals surface area contributed by atoms with E-state index in [-0.39, 0.29) is 24.3 Å². The third-order valence-electron chi connectivity index (χ3n) is 5.16. The van der Waals surface area contributed by atoms with Crippen LogP contribution >= 0.6 is 0 Å². The van der Waals surface area contributed by atoms with Crippen molar-refractivity contribution in [1.29, 1.82) is 0 Å². The standard InChI is InChI=1S/C20H27N3O3/c1-15(2)13-20(16-9-5-3-6-10-16)18(25)23(19(26)21-20)14-17(24)22-11-7-4-8-12-22/h3,5-6,9-10,15H,4,7-8,11-14H2,1-2H3,(H,21,26). The van der Waals surface area contributed by atoms with Gasteiger partial charge in [0.15, 0.2) is 0 Å². The summed E-state index contributed by atoms with van der Waals surface area (Å²) >= 11 is 0. The quantitative estimate of drug-likeness (QED) is 0.823. The smallest absolute Gasteiger partial charge is 0.325 e. The Bertz CT molecular complexity index is 683. The Morgan fingerprint density at radius 2 is 1.77 bits per heavy atom. The number of carbonyl (C=O) groups is 3. The molecule has 2 fully saturated rings. The summed E-state index contributed by atoms with van der Waals surface area (Å²) in [4.78, 5) is 41.3. The van der Waals surface area contributed by atoms with Crippen LogP contribution in [0.3, 0.4) is 0 Å². The van der Waals surface area contributed by atoms with Gasteiger partial charge in [-0.05, 0) is 37.2 Å². The highest BCUT2D eigenvalue weighted by atomic mass is 16.2. The molecule has 0 spiro atoms. The summed E-state index contributed by atoms with van der Waals surface area (Å²) in [6, 6.07) is 8.83.